The molecule has 30 heavy (non-hydrogen) atoms. The van der Waals surface area contributed by atoms with E-state index in [0.717, 1.165) is 22.7 Å². The molecule has 0 aliphatic carbocycles. The van der Waals surface area contributed by atoms with Gasteiger partial charge in [-0.1, -0.05) is 36.1 Å². The number of hydrogen-bond donors (Lipinski definition) is 2. The molecule has 2 N–H and O–H groups in total. The Balaban J connectivity index is 2.05. The number of benzene rings is 2. The van der Waals surface area contributed by atoms with E-state index in [-0.39, 0.29) is 26.0 Å². The first-order valence-corrected chi connectivity index (χ1v) is 9.60. The molecule has 0 radical (unpaired) electrons. The number of hydrogen-bond acceptors (Lipinski definition) is 7. The van der Waals surface area contributed by atoms with Crippen LogP contribution in [0.25, 0.3) is 6.08 Å². The van der Waals surface area contributed by atoms with E-state index >= 15 is 0 Å². The van der Waals surface area contributed by atoms with Crippen molar-refractivity contribution in [3.8, 4) is 11.5 Å². The third-order valence-corrected chi connectivity index (χ3v) is 5.49. The SMILES string of the molecule is COc1cccc(/C=C2\SC(=S)N(c3cc(C(=O)O)cc(C(=O)O)c3)C2=O)c1OC. The van der Waals surface area contributed by atoms with Gasteiger partial charge in [-0.2, -0.15) is 0 Å². The minimum atomic E-state index is -1.32. The zero-order valence-corrected chi connectivity index (χ0v) is 17.4. The fourth-order valence-electron chi connectivity index (χ4n) is 2.84. The van der Waals surface area contributed by atoms with Crippen LogP contribution in [-0.4, -0.2) is 46.6 Å². The summed E-state index contributed by atoms with van der Waals surface area (Å²) in [6.45, 7) is 0. The summed E-state index contributed by atoms with van der Waals surface area (Å²) < 4.78 is 10.8. The second-order valence-electron chi connectivity index (χ2n) is 5.98. The summed E-state index contributed by atoms with van der Waals surface area (Å²) in [4.78, 5) is 37.1. The molecule has 0 spiro atoms. The average Bonchev–Trinajstić information content (AvgIpc) is 3.00. The Morgan fingerprint density at radius 3 is 2.23 bits per heavy atom. The minimum Gasteiger partial charge on any atom is -0.493 e. The number of rotatable bonds is 6. The molecule has 0 saturated carbocycles. The second-order valence-corrected chi connectivity index (χ2v) is 7.65. The first-order valence-electron chi connectivity index (χ1n) is 8.37. The van der Waals surface area contributed by atoms with Crippen LogP contribution in [0.2, 0.25) is 0 Å². The van der Waals surface area contributed by atoms with Gasteiger partial charge in [-0.25, -0.2) is 9.59 Å². The first-order chi connectivity index (χ1) is 14.3. The lowest BCUT2D eigenvalue weighted by molar-refractivity contribution is -0.113. The predicted molar refractivity (Wildman–Crippen MR) is 116 cm³/mol. The molecule has 0 atom stereocenters. The molecule has 1 aliphatic rings. The number of ether oxygens (including phenoxy) is 2. The van der Waals surface area contributed by atoms with E-state index in [4.69, 9.17) is 21.7 Å². The second kappa shape index (κ2) is 8.56. The lowest BCUT2D eigenvalue weighted by Gasteiger charge is -2.16. The molecule has 1 fully saturated rings. The summed E-state index contributed by atoms with van der Waals surface area (Å²) in [7, 11) is 2.97. The molecule has 1 aliphatic heterocycles. The van der Waals surface area contributed by atoms with Crippen molar-refractivity contribution in [3.63, 3.8) is 0 Å². The molecule has 154 valence electrons. The van der Waals surface area contributed by atoms with Crippen LogP contribution in [0.4, 0.5) is 5.69 Å². The number of anilines is 1. The number of carbonyl (C=O) groups is 3. The van der Waals surface area contributed by atoms with Gasteiger partial charge in [0.15, 0.2) is 15.8 Å². The Bertz CT molecular complexity index is 1080. The van der Waals surface area contributed by atoms with Gasteiger partial charge in [-0.05, 0) is 30.3 Å². The van der Waals surface area contributed by atoms with Crippen molar-refractivity contribution in [3.05, 3.63) is 58.0 Å². The van der Waals surface area contributed by atoms with Gasteiger partial charge in [-0.3, -0.25) is 9.69 Å². The van der Waals surface area contributed by atoms with Gasteiger partial charge in [0.2, 0.25) is 0 Å². The van der Waals surface area contributed by atoms with Crippen LogP contribution in [0.5, 0.6) is 11.5 Å². The van der Waals surface area contributed by atoms with Crippen molar-refractivity contribution in [1.82, 2.24) is 0 Å². The molecular weight excluding hydrogens is 430 g/mol. The van der Waals surface area contributed by atoms with Gasteiger partial charge in [0.25, 0.3) is 5.91 Å². The van der Waals surface area contributed by atoms with Crippen molar-refractivity contribution >= 4 is 57.9 Å². The van der Waals surface area contributed by atoms with E-state index in [1.807, 2.05) is 0 Å². The van der Waals surface area contributed by atoms with Gasteiger partial charge in [0.1, 0.15) is 0 Å². The summed E-state index contributed by atoms with van der Waals surface area (Å²) in [5, 5.41) is 18.5. The van der Waals surface area contributed by atoms with E-state index in [1.165, 1.54) is 26.4 Å². The van der Waals surface area contributed by atoms with Crippen LogP contribution in [0.1, 0.15) is 26.3 Å². The maximum atomic E-state index is 13.0. The van der Waals surface area contributed by atoms with Crippen LogP contribution < -0.4 is 14.4 Å². The predicted octanol–water partition coefficient (Wildman–Crippen LogP) is 3.51. The van der Waals surface area contributed by atoms with Crippen LogP contribution >= 0.6 is 24.0 Å². The molecule has 0 unspecified atom stereocenters. The normalized spacial score (nSPS) is 14.9. The summed E-state index contributed by atoms with van der Waals surface area (Å²) in [6.07, 6.45) is 1.58. The highest BCUT2D eigenvalue weighted by Crippen LogP contribution is 2.39. The Morgan fingerprint density at radius 2 is 1.70 bits per heavy atom. The minimum absolute atomic E-state index is 0.0656. The van der Waals surface area contributed by atoms with Gasteiger partial charge in [-0.15, -0.1) is 0 Å². The van der Waals surface area contributed by atoms with Crippen LogP contribution in [0.15, 0.2) is 41.3 Å². The fraction of sp³-hybridized carbons (Fsp3) is 0.100. The largest absolute Gasteiger partial charge is 0.493 e. The maximum Gasteiger partial charge on any atom is 0.335 e. The van der Waals surface area contributed by atoms with Crippen molar-refractivity contribution in [2.75, 3.05) is 19.1 Å². The van der Waals surface area contributed by atoms with E-state index in [0.29, 0.717) is 17.1 Å². The highest BCUT2D eigenvalue weighted by Gasteiger charge is 2.34. The number of para-hydroxylation sites is 1. The number of thiocarbonyl (C=S) groups is 1. The molecule has 1 amide bonds. The van der Waals surface area contributed by atoms with Crippen LogP contribution in [0, 0.1) is 0 Å². The summed E-state index contributed by atoms with van der Waals surface area (Å²) >= 11 is 6.31. The first kappa shape index (κ1) is 21.3. The van der Waals surface area contributed by atoms with E-state index in [9.17, 15) is 24.6 Å². The third kappa shape index (κ3) is 4.00. The topological polar surface area (TPSA) is 113 Å². The number of amides is 1. The van der Waals surface area contributed by atoms with Crippen molar-refractivity contribution in [1.29, 1.82) is 0 Å². The summed E-state index contributed by atoms with van der Waals surface area (Å²) in [6, 6.07) is 8.61. The summed E-state index contributed by atoms with van der Waals surface area (Å²) in [5.41, 5.74) is 0.119. The Hall–Kier alpha value is -3.37. The quantitative estimate of drug-likeness (QED) is 0.509. The van der Waals surface area contributed by atoms with E-state index in [1.54, 1.807) is 24.3 Å². The number of carboxylic acid groups (broad SMARTS) is 2. The molecule has 2 aromatic rings. The van der Waals surface area contributed by atoms with E-state index in [2.05, 4.69) is 0 Å². The lowest BCUT2D eigenvalue weighted by atomic mass is 10.1. The number of thioether (sulfide) groups is 1. The van der Waals surface area contributed by atoms with Crippen LogP contribution in [0.3, 0.4) is 0 Å². The van der Waals surface area contributed by atoms with Crippen molar-refractivity contribution < 1.29 is 34.1 Å². The Kier molecular flexibility index (Phi) is 6.09. The molecule has 8 nitrogen and oxygen atoms in total. The zero-order chi connectivity index (χ0) is 22.0. The fourth-order valence-corrected chi connectivity index (χ4v) is 4.13. The third-order valence-electron chi connectivity index (χ3n) is 4.18. The van der Waals surface area contributed by atoms with Gasteiger partial charge >= 0.3 is 11.9 Å². The number of carboxylic acids is 2. The van der Waals surface area contributed by atoms with E-state index < -0.39 is 17.8 Å². The molecule has 10 heteroatoms. The average molecular weight is 445 g/mol. The summed E-state index contributed by atoms with van der Waals surface area (Å²) in [5.74, 6) is -2.22. The van der Waals surface area contributed by atoms with Crippen molar-refractivity contribution in [2.24, 2.45) is 0 Å². The van der Waals surface area contributed by atoms with Crippen molar-refractivity contribution in [2.45, 2.75) is 0 Å². The molecule has 1 heterocycles. The molecule has 1 saturated heterocycles. The number of aromatic carboxylic acids is 2. The molecule has 0 aromatic heterocycles. The Labute approximate surface area is 180 Å². The molecule has 2 aromatic carbocycles. The smallest absolute Gasteiger partial charge is 0.335 e. The lowest BCUT2D eigenvalue weighted by Crippen LogP contribution is -2.28. The van der Waals surface area contributed by atoms with Gasteiger partial charge in [0.05, 0.1) is 35.9 Å². The van der Waals surface area contributed by atoms with Gasteiger partial charge in [0, 0.05) is 5.56 Å². The molecule has 3 rings (SSSR count). The van der Waals surface area contributed by atoms with Gasteiger partial charge < -0.3 is 19.7 Å². The monoisotopic (exact) mass is 445 g/mol. The highest BCUT2D eigenvalue weighted by molar-refractivity contribution is 8.27. The number of nitrogens with zero attached hydrogens (tertiary/aromatic N) is 1. The maximum absolute atomic E-state index is 13.0. The number of methoxy groups -OCH3 is 2. The Morgan fingerprint density at radius 1 is 1.07 bits per heavy atom. The van der Waals surface area contributed by atoms with Crippen LogP contribution in [-0.2, 0) is 4.79 Å². The zero-order valence-electron chi connectivity index (χ0n) is 15.7. The molecule has 0 bridgehead atoms. The molecular formula is C20H15NO7S2. The number of carbonyl (C=O) groups excluding carboxylic acids is 1. The standard InChI is InChI=1S/C20H15NO7S2/c1-27-14-5-3-4-10(16(14)28-2)9-15-17(22)21(20(29)30-15)13-7-11(18(23)24)6-12(8-13)19(25)26/h3-9H,1-2H3,(H,23,24)(H,25,26)/b15-9-. The highest BCUT2D eigenvalue weighted by atomic mass is 32.2.